The van der Waals surface area contributed by atoms with Gasteiger partial charge in [-0.1, -0.05) is 89.5 Å². The number of rotatable bonds is 28. The maximum atomic E-state index is 11.9. The van der Waals surface area contributed by atoms with E-state index >= 15 is 0 Å². The zero-order chi connectivity index (χ0) is 29.7. The van der Waals surface area contributed by atoms with E-state index in [0.717, 1.165) is 57.8 Å². The molecular weight excluding hydrogens is 533 g/mol. The molecule has 0 fully saturated rings. The number of allylic oxidation sites excluding steroid dienone is 4. The Hall–Kier alpha value is -1.51. The first kappa shape index (κ1) is 38.5. The number of carbonyl (C=O) groups excluding carboxylic acids is 2. The summed E-state index contributed by atoms with van der Waals surface area (Å²) >= 11 is 0. The molecule has 0 aliphatic carbocycles. The van der Waals surface area contributed by atoms with Gasteiger partial charge in [-0.2, -0.15) is 0 Å². The van der Waals surface area contributed by atoms with Crippen molar-refractivity contribution in [3.05, 3.63) is 24.3 Å². The van der Waals surface area contributed by atoms with Crippen LogP contribution in [0.2, 0.25) is 0 Å². The van der Waals surface area contributed by atoms with Crippen LogP contribution in [-0.4, -0.2) is 54.3 Å². The number of unbranched alkanes of at least 4 members (excludes halogenated alkanes) is 11. The van der Waals surface area contributed by atoms with Crippen LogP contribution in [0.25, 0.3) is 0 Å². The molecule has 0 aromatic rings. The molecule has 0 rings (SSSR count). The topological polar surface area (TPSA) is 131 Å². The molecule has 0 spiro atoms. The number of nitrogens with one attached hydrogen (secondary N) is 1. The number of hydrogen-bond acceptors (Lipinski definition) is 7. The van der Waals surface area contributed by atoms with Crippen molar-refractivity contribution in [2.45, 2.75) is 129 Å². The van der Waals surface area contributed by atoms with Crippen molar-refractivity contribution in [1.29, 1.82) is 0 Å². The highest BCUT2D eigenvalue weighted by Crippen LogP contribution is 2.42. The zero-order valence-electron chi connectivity index (χ0n) is 25.0. The standard InChI is InChI=1S/C30H56NO8P/c1-3-5-7-8-9-10-11-12-13-14-15-16-17-18-19-21-22-29(33)31-24-25-38-40(35,36)39-27-28(32)26-37-30(34)23-20-6-4-2/h10-11,13-14,28,32H,3-9,12,15-27H2,1-2H3,(H,31,33)(H,35,36)/b11-10-,14-13-. The van der Waals surface area contributed by atoms with Crippen LogP contribution in [-0.2, 0) is 27.9 Å². The minimum absolute atomic E-state index is 0.0745. The monoisotopic (exact) mass is 589 g/mol. The lowest BCUT2D eigenvalue weighted by molar-refractivity contribution is -0.147. The molecule has 1 amide bonds. The molecule has 234 valence electrons. The number of hydrogen-bond donors (Lipinski definition) is 3. The van der Waals surface area contributed by atoms with Gasteiger partial charge in [0, 0.05) is 19.4 Å². The average molecular weight is 590 g/mol. The van der Waals surface area contributed by atoms with Crippen molar-refractivity contribution in [3.63, 3.8) is 0 Å². The number of amides is 1. The fourth-order valence-corrected chi connectivity index (χ4v) is 4.52. The van der Waals surface area contributed by atoms with Crippen molar-refractivity contribution in [2.24, 2.45) is 0 Å². The van der Waals surface area contributed by atoms with Crippen LogP contribution < -0.4 is 5.32 Å². The SMILES string of the molecule is CCCCCC/C=C\C/C=C\CCCCCCCC(=O)NCCOP(=O)(O)OCC(O)COC(=O)CCCCC. The fraction of sp³-hybridized carbons (Fsp3) is 0.800. The Morgan fingerprint density at radius 1 is 0.775 bits per heavy atom. The van der Waals surface area contributed by atoms with Gasteiger partial charge in [-0.05, 0) is 44.9 Å². The van der Waals surface area contributed by atoms with Crippen LogP contribution in [0.3, 0.4) is 0 Å². The zero-order valence-corrected chi connectivity index (χ0v) is 25.9. The molecule has 0 aromatic carbocycles. The highest BCUT2D eigenvalue weighted by molar-refractivity contribution is 7.47. The minimum atomic E-state index is -4.39. The average Bonchev–Trinajstić information content (AvgIpc) is 2.93. The summed E-state index contributed by atoms with van der Waals surface area (Å²) in [5.74, 6) is -0.559. The summed E-state index contributed by atoms with van der Waals surface area (Å²) in [5.41, 5.74) is 0. The van der Waals surface area contributed by atoms with Crippen LogP contribution >= 0.6 is 7.82 Å². The maximum absolute atomic E-state index is 11.9. The lowest BCUT2D eigenvalue weighted by Crippen LogP contribution is -2.27. The van der Waals surface area contributed by atoms with Crippen LogP contribution in [0.15, 0.2) is 24.3 Å². The van der Waals surface area contributed by atoms with Crippen LogP contribution in [0.5, 0.6) is 0 Å². The molecule has 40 heavy (non-hydrogen) atoms. The Balaban J connectivity index is 3.63. The normalized spacial score (nSPS) is 14.0. The van der Waals surface area contributed by atoms with E-state index in [2.05, 4.69) is 36.5 Å². The lowest BCUT2D eigenvalue weighted by Gasteiger charge is -2.15. The van der Waals surface area contributed by atoms with E-state index in [4.69, 9.17) is 13.8 Å². The van der Waals surface area contributed by atoms with E-state index < -0.39 is 26.5 Å². The van der Waals surface area contributed by atoms with E-state index in [1.165, 1.54) is 32.1 Å². The number of phosphoric acid groups is 1. The van der Waals surface area contributed by atoms with Crippen LogP contribution in [0.1, 0.15) is 123 Å². The van der Waals surface area contributed by atoms with E-state index in [-0.39, 0.29) is 32.1 Å². The van der Waals surface area contributed by atoms with Crippen molar-refractivity contribution in [2.75, 3.05) is 26.4 Å². The van der Waals surface area contributed by atoms with Gasteiger partial charge in [0.15, 0.2) is 0 Å². The molecule has 0 aliphatic rings. The molecule has 0 heterocycles. The summed E-state index contributed by atoms with van der Waals surface area (Å²) < 4.78 is 26.3. The quantitative estimate of drug-likeness (QED) is 0.0388. The minimum Gasteiger partial charge on any atom is -0.463 e. The Bertz CT molecular complexity index is 728. The first-order valence-corrected chi connectivity index (χ1v) is 16.8. The predicted molar refractivity (Wildman–Crippen MR) is 160 cm³/mol. The van der Waals surface area contributed by atoms with Gasteiger partial charge in [0.1, 0.15) is 12.7 Å². The van der Waals surface area contributed by atoms with Gasteiger partial charge in [-0.25, -0.2) is 4.57 Å². The third-order valence-corrected chi connectivity index (χ3v) is 7.12. The van der Waals surface area contributed by atoms with Gasteiger partial charge in [0.2, 0.25) is 5.91 Å². The number of aliphatic hydroxyl groups is 1. The number of esters is 1. The summed E-state index contributed by atoms with van der Waals surface area (Å²) in [7, 11) is -4.39. The predicted octanol–water partition coefficient (Wildman–Crippen LogP) is 6.92. The Morgan fingerprint density at radius 2 is 1.35 bits per heavy atom. The molecule has 0 bridgehead atoms. The third-order valence-electron chi connectivity index (χ3n) is 6.13. The first-order chi connectivity index (χ1) is 19.3. The molecule has 0 aliphatic heterocycles. The highest BCUT2D eigenvalue weighted by atomic mass is 31.2. The summed E-state index contributed by atoms with van der Waals surface area (Å²) in [6.07, 6.45) is 24.8. The number of aliphatic hydroxyl groups excluding tert-OH is 1. The molecule has 9 nitrogen and oxygen atoms in total. The molecule has 0 radical (unpaired) electrons. The van der Waals surface area contributed by atoms with Gasteiger partial charge < -0.3 is 20.1 Å². The van der Waals surface area contributed by atoms with Gasteiger partial charge in [-0.15, -0.1) is 0 Å². The lowest BCUT2D eigenvalue weighted by atomic mass is 10.1. The first-order valence-electron chi connectivity index (χ1n) is 15.3. The highest BCUT2D eigenvalue weighted by Gasteiger charge is 2.23. The van der Waals surface area contributed by atoms with Crippen molar-refractivity contribution in [3.8, 4) is 0 Å². The van der Waals surface area contributed by atoms with Crippen LogP contribution in [0, 0.1) is 0 Å². The number of carbonyl (C=O) groups is 2. The van der Waals surface area contributed by atoms with Crippen molar-refractivity contribution < 1.29 is 37.9 Å². The van der Waals surface area contributed by atoms with E-state index in [9.17, 15) is 24.2 Å². The maximum Gasteiger partial charge on any atom is 0.472 e. The second-order valence-electron chi connectivity index (χ2n) is 10.1. The Labute approximate surface area is 242 Å². The smallest absolute Gasteiger partial charge is 0.463 e. The molecular formula is C30H56NO8P. The van der Waals surface area contributed by atoms with E-state index in [1.54, 1.807) is 0 Å². The molecule has 0 saturated carbocycles. The molecule has 2 unspecified atom stereocenters. The van der Waals surface area contributed by atoms with Gasteiger partial charge in [0.05, 0.1) is 13.2 Å². The van der Waals surface area contributed by atoms with Gasteiger partial charge in [0.25, 0.3) is 0 Å². The molecule has 2 atom stereocenters. The summed E-state index contributed by atoms with van der Waals surface area (Å²) in [6.45, 7) is 3.28. The van der Waals surface area contributed by atoms with Gasteiger partial charge >= 0.3 is 13.8 Å². The molecule has 0 saturated heterocycles. The molecule has 10 heteroatoms. The second kappa shape index (κ2) is 27.6. The van der Waals surface area contributed by atoms with Crippen molar-refractivity contribution in [1.82, 2.24) is 5.32 Å². The second-order valence-corrected chi connectivity index (χ2v) is 11.5. The Kier molecular flexibility index (Phi) is 26.6. The number of phosphoric ester groups is 1. The molecule has 3 N–H and O–H groups in total. The van der Waals surface area contributed by atoms with Crippen LogP contribution in [0.4, 0.5) is 0 Å². The number of ether oxygens (including phenoxy) is 1. The molecule has 0 aromatic heterocycles. The summed E-state index contributed by atoms with van der Waals surface area (Å²) in [6, 6.07) is 0. The summed E-state index contributed by atoms with van der Waals surface area (Å²) in [4.78, 5) is 33.1. The summed E-state index contributed by atoms with van der Waals surface area (Å²) in [5, 5.41) is 12.4. The van der Waals surface area contributed by atoms with Gasteiger partial charge in [-0.3, -0.25) is 18.6 Å². The Morgan fingerprint density at radius 3 is 2.02 bits per heavy atom. The van der Waals surface area contributed by atoms with E-state index in [1.807, 2.05) is 6.92 Å². The van der Waals surface area contributed by atoms with Crippen molar-refractivity contribution >= 4 is 19.7 Å². The largest absolute Gasteiger partial charge is 0.472 e. The fourth-order valence-electron chi connectivity index (χ4n) is 3.76. The van der Waals surface area contributed by atoms with E-state index in [0.29, 0.717) is 12.8 Å². The third kappa shape index (κ3) is 28.0.